The van der Waals surface area contributed by atoms with E-state index < -0.39 is 0 Å². The molecule has 6 nitrogen and oxygen atoms in total. The lowest BCUT2D eigenvalue weighted by Crippen LogP contribution is -2.29. The van der Waals surface area contributed by atoms with Crippen molar-refractivity contribution >= 4 is 17.2 Å². The van der Waals surface area contributed by atoms with E-state index in [9.17, 15) is 9.59 Å². The van der Waals surface area contributed by atoms with Crippen molar-refractivity contribution in [1.29, 1.82) is 0 Å². The monoisotopic (exact) mass is 264 g/mol. The lowest BCUT2D eigenvalue weighted by atomic mass is 10.2. The molecule has 0 aliphatic carbocycles. The van der Waals surface area contributed by atoms with Gasteiger partial charge in [-0.25, -0.2) is 15.6 Å². The van der Waals surface area contributed by atoms with Crippen molar-refractivity contribution in [2.24, 2.45) is 5.84 Å². The lowest BCUT2D eigenvalue weighted by molar-refractivity contribution is 0.0957. The topological polar surface area (TPSA) is 90.0 Å². The Labute approximate surface area is 107 Å². The molecule has 0 atom stereocenters. The van der Waals surface area contributed by atoms with Crippen LogP contribution in [0.5, 0.6) is 0 Å². The summed E-state index contributed by atoms with van der Waals surface area (Å²) in [5, 5.41) is 0. The van der Waals surface area contributed by atoms with Crippen molar-refractivity contribution in [3.05, 3.63) is 50.3 Å². The molecular weight excluding hydrogens is 252 g/mol. The molecule has 0 saturated heterocycles. The normalized spacial score (nSPS) is 10.3. The van der Waals surface area contributed by atoms with Gasteiger partial charge in [-0.2, -0.15) is 0 Å². The van der Waals surface area contributed by atoms with E-state index in [-0.39, 0.29) is 11.6 Å². The maximum Gasteiger partial charge on any atom is 0.347 e. The first-order valence-corrected chi connectivity index (χ1v) is 6.05. The highest BCUT2D eigenvalue weighted by Gasteiger charge is 2.11. The Morgan fingerprint density at radius 1 is 1.61 bits per heavy atom. The first kappa shape index (κ1) is 12.5. The van der Waals surface area contributed by atoms with Gasteiger partial charge in [-0.3, -0.25) is 14.8 Å². The van der Waals surface area contributed by atoms with Gasteiger partial charge in [0.2, 0.25) is 0 Å². The molecule has 0 aliphatic heterocycles. The van der Waals surface area contributed by atoms with Crippen LogP contribution in [0.25, 0.3) is 0 Å². The van der Waals surface area contributed by atoms with E-state index in [0.717, 1.165) is 10.4 Å². The van der Waals surface area contributed by atoms with Crippen molar-refractivity contribution in [3.63, 3.8) is 0 Å². The highest BCUT2D eigenvalue weighted by atomic mass is 32.1. The van der Waals surface area contributed by atoms with Gasteiger partial charge in [0.1, 0.15) is 0 Å². The molecule has 0 bridgehead atoms. The van der Waals surface area contributed by atoms with Crippen LogP contribution in [0.15, 0.2) is 29.3 Å². The number of rotatable bonds is 3. The fourth-order valence-corrected chi connectivity index (χ4v) is 2.49. The third-order valence-corrected chi connectivity index (χ3v) is 3.59. The van der Waals surface area contributed by atoms with Crippen LogP contribution < -0.4 is 17.0 Å². The van der Waals surface area contributed by atoms with Gasteiger partial charge >= 0.3 is 5.69 Å². The van der Waals surface area contributed by atoms with Crippen LogP contribution in [0.4, 0.5) is 0 Å². The van der Waals surface area contributed by atoms with E-state index >= 15 is 0 Å². The number of nitrogens with two attached hydrogens (primary N) is 1. The summed E-state index contributed by atoms with van der Waals surface area (Å²) in [6.45, 7) is 2.29. The average Bonchev–Trinajstić information content (AvgIpc) is 2.73. The van der Waals surface area contributed by atoms with Crippen LogP contribution in [0, 0.1) is 6.92 Å². The largest absolute Gasteiger partial charge is 0.347 e. The Morgan fingerprint density at radius 2 is 2.39 bits per heavy atom. The first-order chi connectivity index (χ1) is 8.61. The van der Waals surface area contributed by atoms with E-state index in [0.29, 0.717) is 11.4 Å². The van der Waals surface area contributed by atoms with E-state index in [4.69, 9.17) is 5.84 Å². The number of carbonyl (C=O) groups excluding carboxylic acids is 1. The number of nitrogens with zero attached hydrogens (tertiary/aromatic N) is 2. The van der Waals surface area contributed by atoms with E-state index in [1.807, 2.05) is 6.92 Å². The van der Waals surface area contributed by atoms with Gasteiger partial charge < -0.3 is 0 Å². The zero-order chi connectivity index (χ0) is 13.1. The zero-order valence-corrected chi connectivity index (χ0v) is 10.5. The van der Waals surface area contributed by atoms with Crippen molar-refractivity contribution < 1.29 is 4.79 Å². The van der Waals surface area contributed by atoms with Gasteiger partial charge in [-0.05, 0) is 24.6 Å². The minimum atomic E-state index is -0.326. The van der Waals surface area contributed by atoms with Gasteiger partial charge in [-0.1, -0.05) is 0 Å². The number of nitrogens with one attached hydrogen (secondary N) is 1. The van der Waals surface area contributed by atoms with Gasteiger partial charge in [0.05, 0.1) is 11.4 Å². The molecule has 0 spiro atoms. The number of hydrogen-bond donors (Lipinski definition) is 2. The van der Waals surface area contributed by atoms with Crippen LogP contribution in [0.1, 0.15) is 20.1 Å². The van der Waals surface area contributed by atoms with Gasteiger partial charge in [0.15, 0.2) is 0 Å². The third-order valence-electron chi connectivity index (χ3n) is 2.50. The molecule has 0 unspecified atom stereocenters. The van der Waals surface area contributed by atoms with Gasteiger partial charge in [0, 0.05) is 17.3 Å². The number of aromatic nitrogens is 2. The minimum absolute atomic E-state index is 0.312. The molecule has 7 heteroatoms. The molecule has 0 saturated carbocycles. The standard InChI is InChI=1S/C11H12N4O2S/c1-7-8(5-9(18-7)10(16)14-12)6-15-4-2-3-13-11(15)17/h2-5H,6,12H2,1H3,(H,14,16). The SMILES string of the molecule is Cc1sc(C(=O)NN)cc1Cn1cccnc1=O. The van der Waals surface area contributed by atoms with Crippen LogP contribution in [0.3, 0.4) is 0 Å². The summed E-state index contributed by atoms with van der Waals surface area (Å²) < 4.78 is 1.49. The second kappa shape index (κ2) is 5.11. The summed E-state index contributed by atoms with van der Waals surface area (Å²) in [4.78, 5) is 28.1. The fourth-order valence-electron chi connectivity index (χ4n) is 1.55. The quantitative estimate of drug-likeness (QED) is 0.473. The highest BCUT2D eigenvalue weighted by Crippen LogP contribution is 2.21. The first-order valence-electron chi connectivity index (χ1n) is 5.23. The summed E-state index contributed by atoms with van der Waals surface area (Å²) >= 11 is 1.34. The smallest absolute Gasteiger partial charge is 0.295 e. The second-order valence-electron chi connectivity index (χ2n) is 3.70. The van der Waals surface area contributed by atoms with Crippen molar-refractivity contribution in [3.8, 4) is 0 Å². The summed E-state index contributed by atoms with van der Waals surface area (Å²) in [7, 11) is 0. The van der Waals surface area contributed by atoms with Crippen LogP contribution >= 0.6 is 11.3 Å². The molecule has 94 valence electrons. The lowest BCUT2D eigenvalue weighted by Gasteiger charge is -2.02. The predicted octanol–water partition coefficient (Wildman–Crippen LogP) is 0.265. The molecule has 2 heterocycles. The number of carbonyl (C=O) groups is 1. The molecule has 0 radical (unpaired) electrons. The molecule has 2 rings (SSSR count). The van der Waals surface area contributed by atoms with Crippen molar-refractivity contribution in [1.82, 2.24) is 15.0 Å². The van der Waals surface area contributed by atoms with Crippen LogP contribution in [-0.2, 0) is 6.54 Å². The summed E-state index contributed by atoms with van der Waals surface area (Å²) in [6.07, 6.45) is 3.11. The van der Waals surface area contributed by atoms with Crippen molar-refractivity contribution in [2.45, 2.75) is 13.5 Å². The van der Waals surface area contributed by atoms with E-state index in [2.05, 4.69) is 10.4 Å². The molecule has 2 aromatic heterocycles. The minimum Gasteiger partial charge on any atom is -0.295 e. The second-order valence-corrected chi connectivity index (χ2v) is 4.95. The highest BCUT2D eigenvalue weighted by molar-refractivity contribution is 7.14. The molecule has 18 heavy (non-hydrogen) atoms. The number of thiophene rings is 1. The predicted molar refractivity (Wildman–Crippen MR) is 68.3 cm³/mol. The molecule has 3 N–H and O–H groups in total. The third kappa shape index (κ3) is 2.47. The van der Waals surface area contributed by atoms with Gasteiger partial charge in [-0.15, -0.1) is 11.3 Å². The molecule has 2 aromatic rings. The Bertz CT molecular complexity index is 632. The Kier molecular flexibility index (Phi) is 3.54. The molecule has 0 aliphatic rings. The number of hydrogen-bond acceptors (Lipinski definition) is 5. The molecular formula is C11H12N4O2S. The van der Waals surface area contributed by atoms with E-state index in [1.54, 1.807) is 18.3 Å². The van der Waals surface area contributed by atoms with E-state index in [1.165, 1.54) is 22.1 Å². The Hall–Kier alpha value is -1.99. The van der Waals surface area contributed by atoms with Crippen molar-refractivity contribution in [2.75, 3.05) is 0 Å². The molecule has 1 amide bonds. The molecule has 0 aromatic carbocycles. The summed E-state index contributed by atoms with van der Waals surface area (Å²) in [5.74, 6) is 4.76. The maximum absolute atomic E-state index is 11.5. The average molecular weight is 264 g/mol. The maximum atomic E-state index is 11.5. The zero-order valence-electron chi connectivity index (χ0n) is 9.71. The fraction of sp³-hybridized carbons (Fsp3) is 0.182. The molecule has 0 fully saturated rings. The summed E-state index contributed by atoms with van der Waals surface area (Å²) in [6, 6.07) is 3.43. The number of nitrogen functional groups attached to an aromatic ring is 1. The Morgan fingerprint density at radius 3 is 3.06 bits per heavy atom. The van der Waals surface area contributed by atoms with Gasteiger partial charge in [0.25, 0.3) is 5.91 Å². The van der Waals surface area contributed by atoms with Crippen LogP contribution in [0.2, 0.25) is 0 Å². The Balaban J connectivity index is 2.30. The summed E-state index contributed by atoms with van der Waals surface area (Å²) in [5.41, 5.74) is 2.69. The number of aryl methyl sites for hydroxylation is 1. The number of hydrazine groups is 1. The number of amides is 1. The van der Waals surface area contributed by atoms with Crippen LogP contribution in [-0.4, -0.2) is 15.5 Å².